The van der Waals surface area contributed by atoms with Gasteiger partial charge < -0.3 is 5.32 Å². The summed E-state index contributed by atoms with van der Waals surface area (Å²) < 4.78 is 1.88. The largest absolute Gasteiger partial charge is 0.370 e. The summed E-state index contributed by atoms with van der Waals surface area (Å²) in [6.07, 6.45) is 2.11. The van der Waals surface area contributed by atoms with Crippen molar-refractivity contribution in [1.82, 2.24) is 14.8 Å². The van der Waals surface area contributed by atoms with E-state index in [0.717, 1.165) is 23.4 Å². The number of hydrogen-bond acceptors (Lipinski definition) is 5. The smallest absolute Gasteiger partial charge is 0.287 e. The predicted molar refractivity (Wildman–Crippen MR) is 80.5 cm³/mol. The molecule has 0 radical (unpaired) electrons. The highest BCUT2D eigenvalue weighted by atomic mass is 16.6. The Hall–Kier alpha value is -2.44. The van der Waals surface area contributed by atoms with Gasteiger partial charge in [0, 0.05) is 25.4 Å². The number of anilines is 1. The Bertz CT molecular complexity index is 678. The predicted octanol–water partition coefficient (Wildman–Crippen LogP) is 2.30. The van der Waals surface area contributed by atoms with E-state index in [1.807, 2.05) is 32.5 Å². The molecule has 0 spiro atoms. The lowest BCUT2D eigenvalue weighted by Crippen LogP contribution is -2.09. The zero-order chi connectivity index (χ0) is 15.6. The van der Waals surface area contributed by atoms with Crippen molar-refractivity contribution in [3.63, 3.8) is 0 Å². The summed E-state index contributed by atoms with van der Waals surface area (Å²) in [5.74, 6) is 0.680. The van der Waals surface area contributed by atoms with E-state index in [1.165, 1.54) is 17.8 Å². The summed E-state index contributed by atoms with van der Waals surface area (Å²) in [6.45, 7) is 6.56. The molecule has 7 heteroatoms. The molecular formula is C14H19N5O2. The normalized spacial score (nSPS) is 10.7. The van der Waals surface area contributed by atoms with Crippen LogP contribution in [0.2, 0.25) is 0 Å². The molecule has 0 bridgehead atoms. The molecule has 0 fully saturated rings. The quantitative estimate of drug-likeness (QED) is 0.674. The first kappa shape index (κ1) is 15.0. The van der Waals surface area contributed by atoms with E-state index in [-0.39, 0.29) is 5.69 Å². The molecule has 0 unspecified atom stereocenters. The van der Waals surface area contributed by atoms with Crippen molar-refractivity contribution in [2.24, 2.45) is 7.05 Å². The summed E-state index contributed by atoms with van der Waals surface area (Å²) >= 11 is 0. The molecule has 0 atom stereocenters. The fraction of sp³-hybridized carbons (Fsp3) is 0.429. The molecule has 0 aliphatic rings. The molecule has 2 aromatic heterocycles. The molecule has 0 aliphatic carbocycles. The molecule has 0 aromatic carbocycles. The molecule has 2 aromatic rings. The standard InChI is InChI=1S/C14H19N5O2/c1-9-7-12(19(20)21)8-16-14(9)15-6-5-13-10(2)17-18(4)11(13)3/h7-8H,5-6H2,1-4H3,(H,15,16). The summed E-state index contributed by atoms with van der Waals surface area (Å²) in [5, 5.41) is 18.3. The van der Waals surface area contributed by atoms with Crippen LogP contribution < -0.4 is 5.32 Å². The SMILES string of the molecule is Cc1cc([N+](=O)[O-])cnc1NCCc1c(C)nn(C)c1C. The molecule has 2 rings (SSSR count). The minimum absolute atomic E-state index is 0.0111. The minimum Gasteiger partial charge on any atom is -0.370 e. The monoisotopic (exact) mass is 289 g/mol. The number of aryl methyl sites for hydroxylation is 3. The molecule has 112 valence electrons. The lowest BCUT2D eigenvalue weighted by atomic mass is 10.1. The van der Waals surface area contributed by atoms with Gasteiger partial charge in [-0.2, -0.15) is 5.10 Å². The fourth-order valence-corrected chi connectivity index (χ4v) is 2.33. The van der Waals surface area contributed by atoms with E-state index in [2.05, 4.69) is 15.4 Å². The topological polar surface area (TPSA) is 85.9 Å². The second-order valence-corrected chi connectivity index (χ2v) is 5.07. The van der Waals surface area contributed by atoms with Crippen molar-refractivity contribution >= 4 is 11.5 Å². The Labute approximate surface area is 123 Å². The van der Waals surface area contributed by atoms with Crippen molar-refractivity contribution in [1.29, 1.82) is 0 Å². The summed E-state index contributed by atoms with van der Waals surface area (Å²) in [5.41, 5.74) is 4.19. The average Bonchev–Trinajstić information content (AvgIpc) is 2.66. The van der Waals surface area contributed by atoms with Crippen LogP contribution >= 0.6 is 0 Å². The number of nitrogens with zero attached hydrogens (tertiary/aromatic N) is 4. The second kappa shape index (κ2) is 5.90. The summed E-state index contributed by atoms with van der Waals surface area (Å²) in [6, 6.07) is 1.52. The van der Waals surface area contributed by atoms with Crippen LogP contribution in [0.5, 0.6) is 0 Å². The van der Waals surface area contributed by atoms with Crippen molar-refractivity contribution in [3.05, 3.63) is 44.9 Å². The molecular weight excluding hydrogens is 270 g/mol. The Kier molecular flexibility index (Phi) is 4.21. The van der Waals surface area contributed by atoms with Crippen LogP contribution in [-0.2, 0) is 13.5 Å². The van der Waals surface area contributed by atoms with Crippen LogP contribution in [0.1, 0.15) is 22.5 Å². The third-order valence-corrected chi connectivity index (χ3v) is 3.60. The first-order valence-corrected chi connectivity index (χ1v) is 6.74. The van der Waals surface area contributed by atoms with Gasteiger partial charge in [0.25, 0.3) is 5.69 Å². The maximum absolute atomic E-state index is 10.7. The van der Waals surface area contributed by atoms with E-state index in [9.17, 15) is 10.1 Å². The molecule has 0 aliphatic heterocycles. The van der Waals surface area contributed by atoms with Gasteiger partial charge in [0.05, 0.1) is 10.6 Å². The maximum atomic E-state index is 10.7. The number of hydrogen-bond donors (Lipinski definition) is 1. The van der Waals surface area contributed by atoms with E-state index in [0.29, 0.717) is 12.4 Å². The lowest BCUT2D eigenvalue weighted by Gasteiger charge is -2.08. The zero-order valence-corrected chi connectivity index (χ0v) is 12.7. The summed E-state index contributed by atoms with van der Waals surface area (Å²) in [4.78, 5) is 14.3. The van der Waals surface area contributed by atoms with Gasteiger partial charge in [-0.05, 0) is 38.3 Å². The third-order valence-electron chi connectivity index (χ3n) is 3.60. The van der Waals surface area contributed by atoms with Crippen LogP contribution in [-0.4, -0.2) is 26.2 Å². The first-order valence-electron chi connectivity index (χ1n) is 6.74. The number of aromatic nitrogens is 3. The van der Waals surface area contributed by atoms with Crippen LogP contribution in [0.25, 0.3) is 0 Å². The Morgan fingerprint density at radius 3 is 2.62 bits per heavy atom. The highest BCUT2D eigenvalue weighted by Gasteiger charge is 2.11. The van der Waals surface area contributed by atoms with E-state index < -0.39 is 4.92 Å². The van der Waals surface area contributed by atoms with E-state index in [1.54, 1.807) is 0 Å². The van der Waals surface area contributed by atoms with Gasteiger partial charge in [-0.25, -0.2) is 4.98 Å². The third kappa shape index (κ3) is 3.18. The van der Waals surface area contributed by atoms with Crippen LogP contribution in [0.4, 0.5) is 11.5 Å². The van der Waals surface area contributed by atoms with Crippen LogP contribution in [0, 0.1) is 30.9 Å². The summed E-state index contributed by atoms with van der Waals surface area (Å²) in [7, 11) is 1.93. The van der Waals surface area contributed by atoms with Gasteiger partial charge in [-0.1, -0.05) is 0 Å². The van der Waals surface area contributed by atoms with Gasteiger partial charge in [0.15, 0.2) is 0 Å². The number of rotatable bonds is 5. The molecule has 2 heterocycles. The minimum atomic E-state index is -0.438. The highest BCUT2D eigenvalue weighted by Crippen LogP contribution is 2.18. The molecule has 7 nitrogen and oxygen atoms in total. The Morgan fingerprint density at radius 2 is 2.10 bits per heavy atom. The van der Waals surface area contributed by atoms with Crippen molar-refractivity contribution in [2.45, 2.75) is 27.2 Å². The Morgan fingerprint density at radius 1 is 1.38 bits per heavy atom. The lowest BCUT2D eigenvalue weighted by molar-refractivity contribution is -0.385. The first-order chi connectivity index (χ1) is 9.90. The highest BCUT2D eigenvalue weighted by molar-refractivity contribution is 5.48. The van der Waals surface area contributed by atoms with Crippen molar-refractivity contribution < 1.29 is 4.92 Å². The van der Waals surface area contributed by atoms with Gasteiger partial charge >= 0.3 is 0 Å². The second-order valence-electron chi connectivity index (χ2n) is 5.07. The van der Waals surface area contributed by atoms with Gasteiger partial charge in [-0.3, -0.25) is 14.8 Å². The van der Waals surface area contributed by atoms with Crippen molar-refractivity contribution in [3.8, 4) is 0 Å². The zero-order valence-electron chi connectivity index (χ0n) is 12.7. The number of nitro groups is 1. The van der Waals surface area contributed by atoms with Gasteiger partial charge in [-0.15, -0.1) is 0 Å². The van der Waals surface area contributed by atoms with Crippen molar-refractivity contribution in [2.75, 3.05) is 11.9 Å². The van der Waals surface area contributed by atoms with Crippen LogP contribution in [0.15, 0.2) is 12.3 Å². The molecule has 0 saturated carbocycles. The Balaban J connectivity index is 2.02. The fourth-order valence-electron chi connectivity index (χ4n) is 2.33. The van der Waals surface area contributed by atoms with Gasteiger partial charge in [0.2, 0.25) is 0 Å². The number of pyridine rings is 1. The molecule has 1 N–H and O–H groups in total. The molecule has 0 amide bonds. The molecule has 0 saturated heterocycles. The average molecular weight is 289 g/mol. The maximum Gasteiger partial charge on any atom is 0.287 e. The molecule has 21 heavy (non-hydrogen) atoms. The van der Waals surface area contributed by atoms with E-state index in [4.69, 9.17) is 0 Å². The number of nitrogens with one attached hydrogen (secondary N) is 1. The van der Waals surface area contributed by atoms with Gasteiger partial charge in [0.1, 0.15) is 12.0 Å². The van der Waals surface area contributed by atoms with Crippen LogP contribution in [0.3, 0.4) is 0 Å². The van der Waals surface area contributed by atoms with E-state index >= 15 is 0 Å².